The van der Waals surface area contributed by atoms with E-state index in [-0.39, 0.29) is 5.54 Å². The molecular formula is C16H25NO3. The number of hydrogen-bond donors (Lipinski definition) is 1. The summed E-state index contributed by atoms with van der Waals surface area (Å²) in [6.07, 6.45) is 2.28. The first kappa shape index (κ1) is 15.1. The van der Waals surface area contributed by atoms with Crippen LogP contribution in [-0.2, 0) is 11.3 Å². The highest BCUT2D eigenvalue weighted by Crippen LogP contribution is 2.28. The Labute approximate surface area is 121 Å². The van der Waals surface area contributed by atoms with E-state index in [1.54, 1.807) is 7.11 Å². The summed E-state index contributed by atoms with van der Waals surface area (Å²) in [6, 6.07) is 6.08. The van der Waals surface area contributed by atoms with E-state index in [1.165, 1.54) is 5.56 Å². The summed E-state index contributed by atoms with van der Waals surface area (Å²) >= 11 is 0. The van der Waals surface area contributed by atoms with E-state index < -0.39 is 0 Å². The van der Waals surface area contributed by atoms with Gasteiger partial charge in [0.25, 0.3) is 0 Å². The van der Waals surface area contributed by atoms with E-state index >= 15 is 0 Å². The third-order valence-electron chi connectivity index (χ3n) is 3.69. The average molecular weight is 279 g/mol. The first-order valence-corrected chi connectivity index (χ1v) is 7.29. The normalized spacial score (nSPS) is 22.6. The predicted octanol–water partition coefficient (Wildman–Crippen LogP) is 2.75. The largest absolute Gasteiger partial charge is 0.493 e. The smallest absolute Gasteiger partial charge is 0.161 e. The van der Waals surface area contributed by atoms with Crippen molar-refractivity contribution in [2.75, 3.05) is 26.9 Å². The molecule has 0 amide bonds. The van der Waals surface area contributed by atoms with Gasteiger partial charge < -0.3 is 19.5 Å². The first-order chi connectivity index (χ1) is 9.67. The molecule has 2 rings (SSSR count). The third-order valence-corrected chi connectivity index (χ3v) is 3.69. The van der Waals surface area contributed by atoms with Crippen LogP contribution in [0, 0.1) is 0 Å². The molecule has 0 saturated carbocycles. The molecule has 0 aliphatic carbocycles. The number of rotatable bonds is 6. The van der Waals surface area contributed by atoms with Crippen molar-refractivity contribution >= 4 is 0 Å². The van der Waals surface area contributed by atoms with Gasteiger partial charge in [-0.25, -0.2) is 0 Å². The molecule has 1 saturated heterocycles. The zero-order valence-electron chi connectivity index (χ0n) is 12.7. The van der Waals surface area contributed by atoms with Crippen molar-refractivity contribution in [2.24, 2.45) is 0 Å². The second-order valence-electron chi connectivity index (χ2n) is 5.49. The van der Waals surface area contributed by atoms with Gasteiger partial charge in [0.05, 0.1) is 20.3 Å². The van der Waals surface area contributed by atoms with Crippen molar-refractivity contribution in [2.45, 2.75) is 38.8 Å². The molecule has 1 fully saturated rings. The van der Waals surface area contributed by atoms with Gasteiger partial charge in [-0.05, 0) is 44.4 Å². The summed E-state index contributed by atoms with van der Waals surface area (Å²) in [6.45, 7) is 7.30. The molecule has 1 unspecified atom stereocenters. The lowest BCUT2D eigenvalue weighted by Gasteiger charge is -2.34. The lowest BCUT2D eigenvalue weighted by molar-refractivity contribution is 0.0278. The molecule has 1 atom stereocenters. The fourth-order valence-corrected chi connectivity index (χ4v) is 2.49. The number of ether oxygens (including phenoxy) is 3. The van der Waals surface area contributed by atoms with Crippen LogP contribution in [0.2, 0.25) is 0 Å². The molecule has 112 valence electrons. The summed E-state index contributed by atoms with van der Waals surface area (Å²) in [7, 11) is 1.67. The summed E-state index contributed by atoms with van der Waals surface area (Å²) in [5.74, 6) is 1.59. The summed E-state index contributed by atoms with van der Waals surface area (Å²) in [4.78, 5) is 0. The number of hydrogen-bond acceptors (Lipinski definition) is 4. The fourth-order valence-electron chi connectivity index (χ4n) is 2.49. The lowest BCUT2D eigenvalue weighted by Crippen LogP contribution is -2.48. The molecule has 0 bridgehead atoms. The second kappa shape index (κ2) is 6.95. The highest BCUT2D eigenvalue weighted by atomic mass is 16.5. The molecule has 0 spiro atoms. The van der Waals surface area contributed by atoms with Crippen LogP contribution in [0.25, 0.3) is 0 Å². The molecule has 0 radical (unpaired) electrons. The van der Waals surface area contributed by atoms with Crippen LogP contribution in [0.4, 0.5) is 0 Å². The van der Waals surface area contributed by atoms with Crippen LogP contribution in [0.15, 0.2) is 18.2 Å². The van der Waals surface area contributed by atoms with Gasteiger partial charge in [-0.3, -0.25) is 0 Å². The highest BCUT2D eigenvalue weighted by molar-refractivity contribution is 5.43. The topological polar surface area (TPSA) is 39.7 Å². The Hall–Kier alpha value is -1.26. The van der Waals surface area contributed by atoms with Gasteiger partial charge in [-0.1, -0.05) is 6.07 Å². The quantitative estimate of drug-likeness (QED) is 0.869. The maximum absolute atomic E-state index is 5.56. The van der Waals surface area contributed by atoms with E-state index in [2.05, 4.69) is 18.3 Å². The minimum absolute atomic E-state index is 0.0735. The van der Waals surface area contributed by atoms with Crippen LogP contribution in [0.1, 0.15) is 32.3 Å². The zero-order valence-corrected chi connectivity index (χ0v) is 12.7. The minimum atomic E-state index is 0.0735. The van der Waals surface area contributed by atoms with Crippen molar-refractivity contribution in [1.29, 1.82) is 0 Å². The van der Waals surface area contributed by atoms with Crippen LogP contribution < -0.4 is 14.8 Å². The minimum Gasteiger partial charge on any atom is -0.493 e. The van der Waals surface area contributed by atoms with Crippen molar-refractivity contribution in [3.63, 3.8) is 0 Å². The maximum Gasteiger partial charge on any atom is 0.161 e. The van der Waals surface area contributed by atoms with Gasteiger partial charge in [0.15, 0.2) is 11.5 Å². The molecule has 1 aromatic rings. The van der Waals surface area contributed by atoms with Crippen molar-refractivity contribution in [3.8, 4) is 11.5 Å². The molecule has 0 aromatic heterocycles. The predicted molar refractivity (Wildman–Crippen MR) is 79.5 cm³/mol. The average Bonchev–Trinajstić information content (AvgIpc) is 2.47. The van der Waals surface area contributed by atoms with Crippen molar-refractivity contribution in [3.05, 3.63) is 23.8 Å². The van der Waals surface area contributed by atoms with E-state index in [0.29, 0.717) is 6.61 Å². The Morgan fingerprint density at radius 1 is 1.35 bits per heavy atom. The van der Waals surface area contributed by atoms with E-state index in [0.717, 1.165) is 44.1 Å². The Morgan fingerprint density at radius 2 is 2.20 bits per heavy atom. The summed E-state index contributed by atoms with van der Waals surface area (Å²) in [5, 5.41) is 3.60. The van der Waals surface area contributed by atoms with Gasteiger partial charge in [-0.15, -0.1) is 0 Å². The SMILES string of the molecule is CCOc1ccc(CNC2(C)CCCOC2)cc1OC. The van der Waals surface area contributed by atoms with E-state index in [4.69, 9.17) is 14.2 Å². The monoisotopic (exact) mass is 279 g/mol. The molecule has 1 heterocycles. The molecule has 1 aliphatic rings. The second-order valence-corrected chi connectivity index (χ2v) is 5.49. The van der Waals surface area contributed by atoms with Crippen LogP contribution >= 0.6 is 0 Å². The summed E-state index contributed by atoms with van der Waals surface area (Å²) in [5.41, 5.74) is 1.27. The lowest BCUT2D eigenvalue weighted by atomic mass is 9.94. The van der Waals surface area contributed by atoms with Gasteiger partial charge in [0.1, 0.15) is 0 Å². The zero-order chi connectivity index (χ0) is 14.4. The molecular weight excluding hydrogens is 254 g/mol. The van der Waals surface area contributed by atoms with Gasteiger partial charge in [0, 0.05) is 18.7 Å². The molecule has 1 aromatic carbocycles. The molecule has 4 nitrogen and oxygen atoms in total. The van der Waals surface area contributed by atoms with Crippen molar-refractivity contribution in [1.82, 2.24) is 5.32 Å². The number of benzene rings is 1. The van der Waals surface area contributed by atoms with Crippen LogP contribution in [0.5, 0.6) is 11.5 Å². The van der Waals surface area contributed by atoms with Crippen molar-refractivity contribution < 1.29 is 14.2 Å². The Bertz CT molecular complexity index is 428. The highest BCUT2D eigenvalue weighted by Gasteiger charge is 2.26. The van der Waals surface area contributed by atoms with Crippen LogP contribution in [0.3, 0.4) is 0 Å². The number of nitrogens with one attached hydrogen (secondary N) is 1. The summed E-state index contributed by atoms with van der Waals surface area (Å²) < 4.78 is 16.5. The molecule has 20 heavy (non-hydrogen) atoms. The molecule has 1 N–H and O–H groups in total. The van der Waals surface area contributed by atoms with Gasteiger partial charge in [-0.2, -0.15) is 0 Å². The van der Waals surface area contributed by atoms with E-state index in [1.807, 2.05) is 19.1 Å². The fraction of sp³-hybridized carbons (Fsp3) is 0.625. The van der Waals surface area contributed by atoms with Gasteiger partial charge in [0.2, 0.25) is 0 Å². The maximum atomic E-state index is 5.56. The Kier molecular flexibility index (Phi) is 5.26. The van der Waals surface area contributed by atoms with Crippen LogP contribution in [-0.4, -0.2) is 32.5 Å². The Morgan fingerprint density at radius 3 is 2.85 bits per heavy atom. The first-order valence-electron chi connectivity index (χ1n) is 7.29. The van der Waals surface area contributed by atoms with Gasteiger partial charge >= 0.3 is 0 Å². The molecule has 1 aliphatic heterocycles. The standard InChI is InChI=1S/C16H25NO3/c1-4-20-14-7-6-13(10-15(14)18-3)11-17-16(2)8-5-9-19-12-16/h6-7,10,17H,4-5,8-9,11-12H2,1-3H3. The third kappa shape index (κ3) is 3.87. The molecule has 4 heteroatoms. The number of methoxy groups -OCH3 is 1. The van der Waals surface area contributed by atoms with E-state index in [9.17, 15) is 0 Å². The Balaban J connectivity index is 1.98.